The normalized spacial score (nSPS) is 31.5. The molecule has 1 aliphatic rings. The van der Waals surface area contributed by atoms with E-state index >= 15 is 0 Å². The minimum atomic E-state index is 0.115. The molecule has 0 saturated heterocycles. The van der Waals surface area contributed by atoms with Crippen molar-refractivity contribution in [3.63, 3.8) is 0 Å². The first kappa shape index (κ1) is 8.57. The lowest BCUT2D eigenvalue weighted by Crippen LogP contribution is -2.35. The molecule has 0 bridgehead atoms. The summed E-state index contributed by atoms with van der Waals surface area (Å²) in [5, 5.41) is 2.96. The molecule has 0 radical (unpaired) electrons. The second kappa shape index (κ2) is 3.74. The second-order valence-electron chi connectivity index (χ2n) is 3.66. The van der Waals surface area contributed by atoms with Crippen LogP contribution in [-0.4, -0.2) is 11.9 Å². The number of nitrogens with one attached hydrogen (secondary N) is 1. The smallest absolute Gasteiger partial charge is 0.217 e. The fourth-order valence-electron chi connectivity index (χ4n) is 1.69. The molecule has 2 nitrogen and oxygen atoms in total. The van der Waals surface area contributed by atoms with E-state index in [-0.39, 0.29) is 5.91 Å². The zero-order valence-corrected chi connectivity index (χ0v) is 7.39. The highest BCUT2D eigenvalue weighted by Crippen LogP contribution is 2.23. The van der Waals surface area contributed by atoms with Crippen LogP contribution in [-0.2, 0) is 4.79 Å². The van der Waals surface area contributed by atoms with Crippen molar-refractivity contribution >= 4 is 5.91 Å². The molecule has 1 aliphatic carbocycles. The van der Waals surface area contributed by atoms with Gasteiger partial charge in [0.1, 0.15) is 0 Å². The summed E-state index contributed by atoms with van der Waals surface area (Å²) in [7, 11) is 0. The molecule has 1 rings (SSSR count). The van der Waals surface area contributed by atoms with Crippen LogP contribution in [0.2, 0.25) is 0 Å². The number of carbonyl (C=O) groups excluding carboxylic acids is 1. The van der Waals surface area contributed by atoms with Gasteiger partial charge in [-0.2, -0.15) is 0 Å². The summed E-state index contributed by atoms with van der Waals surface area (Å²) in [6.45, 7) is 3.88. The van der Waals surface area contributed by atoms with E-state index in [1.165, 1.54) is 25.7 Å². The van der Waals surface area contributed by atoms with Crippen LogP contribution in [0.4, 0.5) is 0 Å². The molecule has 0 aromatic rings. The summed E-state index contributed by atoms with van der Waals surface area (Å²) in [6, 6.07) is 0.462. The topological polar surface area (TPSA) is 29.1 Å². The molecule has 0 unspecified atom stereocenters. The van der Waals surface area contributed by atoms with Gasteiger partial charge in [0.15, 0.2) is 0 Å². The van der Waals surface area contributed by atoms with Gasteiger partial charge in [0.25, 0.3) is 0 Å². The molecule has 2 heteroatoms. The molecule has 11 heavy (non-hydrogen) atoms. The number of rotatable bonds is 1. The standard InChI is InChI=1S/C9H17NO/c1-7-3-5-9(6-4-7)10-8(2)11/h7,9H,3-6H2,1-2H3,(H,10,11)/t7-,9+. The van der Waals surface area contributed by atoms with E-state index in [0.29, 0.717) is 6.04 Å². The first-order valence-electron chi connectivity index (χ1n) is 4.45. The maximum absolute atomic E-state index is 10.7. The molecule has 64 valence electrons. The van der Waals surface area contributed by atoms with Crippen LogP contribution in [0.15, 0.2) is 0 Å². The highest BCUT2D eigenvalue weighted by Gasteiger charge is 2.17. The van der Waals surface area contributed by atoms with Gasteiger partial charge in [-0.15, -0.1) is 0 Å². The number of hydrogen-bond acceptors (Lipinski definition) is 1. The lowest BCUT2D eigenvalue weighted by Gasteiger charge is -2.26. The highest BCUT2D eigenvalue weighted by molar-refractivity contribution is 5.73. The Morgan fingerprint density at radius 3 is 2.27 bits per heavy atom. The van der Waals surface area contributed by atoms with Crippen molar-refractivity contribution < 1.29 is 4.79 Å². The predicted octanol–water partition coefficient (Wildman–Crippen LogP) is 1.70. The average molecular weight is 155 g/mol. The monoisotopic (exact) mass is 155 g/mol. The Labute approximate surface area is 68.4 Å². The van der Waals surface area contributed by atoms with Gasteiger partial charge in [-0.1, -0.05) is 6.92 Å². The van der Waals surface area contributed by atoms with Gasteiger partial charge in [-0.3, -0.25) is 4.79 Å². The lowest BCUT2D eigenvalue weighted by atomic mass is 9.87. The molecule has 0 aromatic heterocycles. The molecule has 1 amide bonds. The molecule has 0 aliphatic heterocycles. The van der Waals surface area contributed by atoms with E-state index in [1.807, 2.05) is 0 Å². The molecule has 0 aromatic carbocycles. The summed E-state index contributed by atoms with van der Waals surface area (Å²) in [5.74, 6) is 0.976. The third-order valence-corrected chi connectivity index (χ3v) is 2.42. The number of carbonyl (C=O) groups is 1. The van der Waals surface area contributed by atoms with Crippen molar-refractivity contribution in [2.75, 3.05) is 0 Å². The molecule has 0 atom stereocenters. The molecular formula is C9H17NO. The van der Waals surface area contributed by atoms with E-state index in [4.69, 9.17) is 0 Å². The molecule has 1 fully saturated rings. The van der Waals surface area contributed by atoms with Gasteiger partial charge in [-0.05, 0) is 31.6 Å². The zero-order chi connectivity index (χ0) is 8.27. The van der Waals surface area contributed by atoms with Gasteiger partial charge >= 0.3 is 0 Å². The number of amides is 1. The van der Waals surface area contributed by atoms with E-state index in [2.05, 4.69) is 12.2 Å². The van der Waals surface area contributed by atoms with Crippen molar-refractivity contribution in [3.05, 3.63) is 0 Å². The maximum Gasteiger partial charge on any atom is 0.217 e. The molecule has 0 heterocycles. The van der Waals surface area contributed by atoms with Crippen LogP contribution in [0.1, 0.15) is 39.5 Å². The second-order valence-corrected chi connectivity index (χ2v) is 3.66. The van der Waals surface area contributed by atoms with Crippen LogP contribution in [0.3, 0.4) is 0 Å². The highest BCUT2D eigenvalue weighted by atomic mass is 16.1. The average Bonchev–Trinajstić information content (AvgIpc) is 1.93. The number of hydrogen-bond donors (Lipinski definition) is 1. The van der Waals surface area contributed by atoms with Gasteiger partial charge in [0.2, 0.25) is 5.91 Å². The quantitative estimate of drug-likeness (QED) is 0.613. The van der Waals surface area contributed by atoms with Crippen LogP contribution in [0.25, 0.3) is 0 Å². The Morgan fingerprint density at radius 1 is 1.27 bits per heavy atom. The van der Waals surface area contributed by atoms with Crippen LogP contribution < -0.4 is 5.32 Å². The minimum absolute atomic E-state index is 0.115. The van der Waals surface area contributed by atoms with E-state index < -0.39 is 0 Å². The fraction of sp³-hybridized carbons (Fsp3) is 0.889. The van der Waals surface area contributed by atoms with Crippen molar-refractivity contribution in [2.45, 2.75) is 45.6 Å². The van der Waals surface area contributed by atoms with Gasteiger partial charge in [0, 0.05) is 13.0 Å². The summed E-state index contributed by atoms with van der Waals surface area (Å²) < 4.78 is 0. The molecule has 1 N–H and O–H groups in total. The van der Waals surface area contributed by atoms with Crippen molar-refractivity contribution in [3.8, 4) is 0 Å². The third-order valence-electron chi connectivity index (χ3n) is 2.42. The van der Waals surface area contributed by atoms with Crippen LogP contribution >= 0.6 is 0 Å². The summed E-state index contributed by atoms with van der Waals surface area (Å²) in [4.78, 5) is 10.7. The van der Waals surface area contributed by atoms with Crippen LogP contribution in [0.5, 0.6) is 0 Å². The Bertz CT molecular complexity index is 136. The Balaban J connectivity index is 2.22. The predicted molar refractivity (Wildman–Crippen MR) is 45.2 cm³/mol. The zero-order valence-electron chi connectivity index (χ0n) is 7.39. The molecule has 1 saturated carbocycles. The van der Waals surface area contributed by atoms with E-state index in [0.717, 1.165) is 5.92 Å². The van der Waals surface area contributed by atoms with Crippen LogP contribution in [0, 0.1) is 5.92 Å². The Hall–Kier alpha value is -0.530. The first-order valence-corrected chi connectivity index (χ1v) is 4.45. The van der Waals surface area contributed by atoms with Crippen molar-refractivity contribution in [1.29, 1.82) is 0 Å². The van der Waals surface area contributed by atoms with Gasteiger partial charge in [0.05, 0.1) is 0 Å². The first-order chi connectivity index (χ1) is 5.18. The largest absolute Gasteiger partial charge is 0.354 e. The fourth-order valence-corrected chi connectivity index (χ4v) is 1.69. The van der Waals surface area contributed by atoms with E-state index in [9.17, 15) is 4.79 Å². The van der Waals surface area contributed by atoms with Crippen molar-refractivity contribution in [2.24, 2.45) is 5.92 Å². The maximum atomic E-state index is 10.7. The van der Waals surface area contributed by atoms with Crippen molar-refractivity contribution in [1.82, 2.24) is 5.32 Å². The minimum Gasteiger partial charge on any atom is -0.354 e. The van der Waals surface area contributed by atoms with E-state index in [1.54, 1.807) is 6.92 Å². The molecular weight excluding hydrogens is 138 g/mol. The lowest BCUT2D eigenvalue weighted by molar-refractivity contribution is -0.119. The Morgan fingerprint density at radius 2 is 1.82 bits per heavy atom. The SMILES string of the molecule is CC(=O)N[C@H]1CC[C@@H](C)CC1. The third kappa shape index (κ3) is 2.91. The van der Waals surface area contributed by atoms with Gasteiger partial charge < -0.3 is 5.32 Å². The summed E-state index contributed by atoms with van der Waals surface area (Å²) in [6.07, 6.45) is 4.87. The summed E-state index contributed by atoms with van der Waals surface area (Å²) in [5.41, 5.74) is 0. The van der Waals surface area contributed by atoms with Gasteiger partial charge in [-0.25, -0.2) is 0 Å². The Kier molecular flexibility index (Phi) is 2.92. The molecule has 0 spiro atoms. The summed E-state index contributed by atoms with van der Waals surface area (Å²) >= 11 is 0.